The van der Waals surface area contributed by atoms with Crippen LogP contribution in [0, 0.1) is 11.6 Å². The molecule has 2 heterocycles. The molecule has 0 radical (unpaired) electrons. The molecule has 1 aliphatic heterocycles. The normalized spacial score (nSPS) is 28.8. The number of hydrogen-bond donors (Lipinski definition) is 7. The smallest absolute Gasteiger partial charge is 0.387 e. The van der Waals surface area contributed by atoms with Gasteiger partial charge in [-0.3, -0.25) is 14.1 Å². The van der Waals surface area contributed by atoms with E-state index >= 15 is 0 Å². The maximum Gasteiger partial charge on any atom is 0.490 e. The van der Waals surface area contributed by atoms with Crippen LogP contribution in [0.5, 0.6) is 0 Å². The molecule has 3 unspecified atom stereocenters. The van der Waals surface area contributed by atoms with Crippen molar-refractivity contribution in [3.05, 3.63) is 26.9 Å². The predicted molar refractivity (Wildman–Crippen MR) is 96.4 cm³/mol. The summed E-state index contributed by atoms with van der Waals surface area (Å²) in [5, 5.41) is 20.2. The van der Waals surface area contributed by atoms with Crippen molar-refractivity contribution < 1.29 is 61.4 Å². The molecule has 0 amide bonds. The van der Waals surface area contributed by atoms with E-state index < -0.39 is 60.3 Å². The van der Waals surface area contributed by atoms with Crippen LogP contribution < -0.4 is 5.69 Å². The molecule has 6 atom stereocenters. The molecule has 0 aromatic carbocycles. The third-order valence-electron chi connectivity index (χ3n) is 3.58. The number of aliphatic hydroxyl groups excluding tert-OH is 2. The topological polar surface area (TPSA) is 247 Å². The molecule has 2 rings (SSSR count). The highest BCUT2D eigenvalue weighted by atomic mass is 32.1. The minimum atomic E-state index is -5.71. The molecule has 0 spiro atoms. The SMILES string of the molecule is Cc1cn([C@H]2O[C@@H](COP(=O)(O)OP(=O)(O)OP(=O)(O)O)[C@@H](O)C2O)c(=O)[nH]c1=S. The first-order chi connectivity index (χ1) is 13.5. The van der Waals surface area contributed by atoms with E-state index in [9.17, 15) is 33.6 Å². The van der Waals surface area contributed by atoms with Gasteiger partial charge in [-0.05, 0) is 6.92 Å². The van der Waals surface area contributed by atoms with Gasteiger partial charge in [-0.15, -0.1) is 0 Å². The number of H-pyrrole nitrogens is 1. The monoisotopic (exact) mass is 514 g/mol. The van der Waals surface area contributed by atoms with Gasteiger partial charge in [0.2, 0.25) is 0 Å². The molecule has 1 aromatic rings. The van der Waals surface area contributed by atoms with Gasteiger partial charge >= 0.3 is 29.2 Å². The first-order valence-electron chi connectivity index (χ1n) is 7.63. The van der Waals surface area contributed by atoms with Crippen molar-refractivity contribution in [3.8, 4) is 0 Å². The third-order valence-corrected chi connectivity index (χ3v) is 7.80. The van der Waals surface area contributed by atoms with E-state index in [0.29, 0.717) is 5.56 Å². The van der Waals surface area contributed by atoms with Gasteiger partial charge in [-0.1, -0.05) is 12.2 Å². The summed E-state index contributed by atoms with van der Waals surface area (Å²) < 4.78 is 51.3. The maximum absolute atomic E-state index is 12.0. The zero-order valence-corrected chi connectivity index (χ0v) is 18.2. The van der Waals surface area contributed by atoms with Crippen LogP contribution >= 0.6 is 35.7 Å². The Morgan fingerprint density at radius 2 is 1.73 bits per heavy atom. The summed E-state index contributed by atoms with van der Waals surface area (Å²) in [5.41, 5.74) is -0.345. The van der Waals surface area contributed by atoms with Crippen LogP contribution in [0.15, 0.2) is 11.0 Å². The van der Waals surface area contributed by atoms with Crippen LogP contribution in [0.3, 0.4) is 0 Å². The Kier molecular flexibility index (Phi) is 7.78. The lowest BCUT2D eigenvalue weighted by molar-refractivity contribution is -0.0542. The van der Waals surface area contributed by atoms with Gasteiger partial charge in [0.1, 0.15) is 23.0 Å². The van der Waals surface area contributed by atoms with Gasteiger partial charge in [0.15, 0.2) is 6.23 Å². The molecule has 1 fully saturated rings. The predicted octanol–water partition coefficient (Wildman–Crippen LogP) is -0.823. The number of phosphoric ester groups is 1. The van der Waals surface area contributed by atoms with Gasteiger partial charge in [0.25, 0.3) is 0 Å². The minimum absolute atomic E-state index is 0.133. The van der Waals surface area contributed by atoms with Crippen molar-refractivity contribution in [2.75, 3.05) is 6.61 Å². The van der Waals surface area contributed by atoms with E-state index in [4.69, 9.17) is 31.6 Å². The molecule has 20 heteroatoms. The van der Waals surface area contributed by atoms with Crippen LogP contribution in [0.2, 0.25) is 0 Å². The van der Waals surface area contributed by atoms with Crippen molar-refractivity contribution in [2.45, 2.75) is 31.5 Å². The van der Waals surface area contributed by atoms with Crippen LogP contribution in [-0.2, 0) is 31.6 Å². The zero-order chi connectivity index (χ0) is 23.1. The molecule has 16 nitrogen and oxygen atoms in total. The summed E-state index contributed by atoms with van der Waals surface area (Å²) >= 11 is 4.89. The average Bonchev–Trinajstić information content (AvgIpc) is 2.81. The standard InChI is InChI=1S/C10H17N2O14P3S/c1-4-2-12(10(15)11-8(4)30)9-7(14)6(13)5(24-9)3-23-28(19,20)26-29(21,22)25-27(16,17)18/h2,5-7,9,13-14H,3H2,1H3,(H,19,20)(H,21,22)(H,11,15,30)(H2,16,17,18)/t5-,6+,7?,9-/m0/s1. The van der Waals surface area contributed by atoms with E-state index in [1.54, 1.807) is 6.92 Å². The number of rotatable bonds is 8. The highest BCUT2D eigenvalue weighted by Crippen LogP contribution is 2.66. The third kappa shape index (κ3) is 6.69. The molecular weight excluding hydrogens is 497 g/mol. The van der Waals surface area contributed by atoms with E-state index in [0.717, 1.165) is 4.57 Å². The van der Waals surface area contributed by atoms with Crippen LogP contribution in [0.4, 0.5) is 0 Å². The van der Waals surface area contributed by atoms with Gasteiger partial charge in [0.05, 0.1) is 6.61 Å². The van der Waals surface area contributed by atoms with Crippen molar-refractivity contribution in [1.29, 1.82) is 0 Å². The fourth-order valence-corrected chi connectivity index (χ4v) is 5.51. The van der Waals surface area contributed by atoms with Crippen molar-refractivity contribution in [1.82, 2.24) is 9.55 Å². The quantitative estimate of drug-likeness (QED) is 0.165. The summed E-state index contributed by atoms with van der Waals surface area (Å²) in [5.74, 6) is 0. The van der Waals surface area contributed by atoms with E-state index in [1.165, 1.54) is 6.20 Å². The highest BCUT2D eigenvalue weighted by Gasteiger charge is 2.46. The summed E-state index contributed by atoms with van der Waals surface area (Å²) in [6.45, 7) is 0.550. The van der Waals surface area contributed by atoms with Crippen LogP contribution in [-0.4, -0.2) is 64.3 Å². The van der Waals surface area contributed by atoms with Crippen molar-refractivity contribution in [2.24, 2.45) is 0 Å². The molecule has 0 aliphatic carbocycles. The van der Waals surface area contributed by atoms with Gasteiger partial charge in [-0.25, -0.2) is 18.5 Å². The van der Waals surface area contributed by atoms with Gasteiger partial charge < -0.3 is 34.5 Å². The van der Waals surface area contributed by atoms with Crippen molar-refractivity contribution in [3.63, 3.8) is 0 Å². The maximum atomic E-state index is 12.0. The summed E-state index contributed by atoms with van der Waals surface area (Å²) in [4.78, 5) is 49.8. The summed E-state index contributed by atoms with van der Waals surface area (Å²) in [6.07, 6.45) is -5.16. The van der Waals surface area contributed by atoms with E-state index in [-0.39, 0.29) is 4.64 Å². The molecule has 0 bridgehead atoms. The molecule has 1 aliphatic rings. The van der Waals surface area contributed by atoms with Crippen LogP contribution in [0.25, 0.3) is 0 Å². The lowest BCUT2D eigenvalue weighted by Gasteiger charge is -2.19. The van der Waals surface area contributed by atoms with E-state index in [2.05, 4.69) is 18.1 Å². The number of phosphoric acid groups is 3. The molecule has 0 saturated carbocycles. The Balaban J connectivity index is 2.09. The second kappa shape index (κ2) is 9.10. The Bertz CT molecular complexity index is 1050. The average molecular weight is 514 g/mol. The Hall–Kier alpha value is -0.610. The zero-order valence-electron chi connectivity index (χ0n) is 14.7. The van der Waals surface area contributed by atoms with E-state index in [1.807, 2.05) is 0 Å². The Morgan fingerprint density at radius 3 is 2.30 bits per heavy atom. The second-order valence-corrected chi connectivity index (χ2v) is 10.7. The summed E-state index contributed by atoms with van der Waals surface area (Å²) in [6, 6.07) is 0. The molecule has 1 aromatic heterocycles. The number of nitrogens with one attached hydrogen (secondary N) is 1. The number of aryl methyl sites for hydroxylation is 1. The van der Waals surface area contributed by atoms with Crippen LogP contribution in [0.1, 0.15) is 11.8 Å². The number of aromatic nitrogens is 2. The minimum Gasteiger partial charge on any atom is -0.387 e. The number of nitrogens with zero attached hydrogens (tertiary/aromatic N) is 1. The molecule has 30 heavy (non-hydrogen) atoms. The number of aromatic amines is 1. The highest BCUT2D eigenvalue weighted by molar-refractivity contribution is 7.71. The number of aliphatic hydroxyl groups is 2. The molecule has 1 saturated heterocycles. The fourth-order valence-electron chi connectivity index (χ4n) is 2.34. The number of hydrogen-bond acceptors (Lipinski definition) is 11. The molecule has 7 N–H and O–H groups in total. The Morgan fingerprint density at radius 1 is 1.13 bits per heavy atom. The number of ether oxygens (including phenoxy) is 1. The summed E-state index contributed by atoms with van der Waals surface area (Å²) in [7, 11) is -16.7. The first-order valence-corrected chi connectivity index (χ1v) is 12.6. The Labute approximate surface area is 172 Å². The molecule has 172 valence electrons. The molecular formula is C10H17N2O14P3S. The largest absolute Gasteiger partial charge is 0.490 e. The fraction of sp³-hybridized carbons (Fsp3) is 0.600. The lowest BCUT2D eigenvalue weighted by Crippen LogP contribution is -2.36. The first kappa shape index (κ1) is 25.6. The van der Waals surface area contributed by atoms with Gasteiger partial charge in [0, 0.05) is 11.8 Å². The van der Waals surface area contributed by atoms with Gasteiger partial charge in [-0.2, -0.15) is 8.62 Å². The lowest BCUT2D eigenvalue weighted by atomic mass is 10.1. The van der Waals surface area contributed by atoms with Crippen molar-refractivity contribution >= 4 is 35.7 Å². The second-order valence-electron chi connectivity index (χ2n) is 5.91.